The van der Waals surface area contributed by atoms with Gasteiger partial charge in [0.1, 0.15) is 60.1 Å². The SMILES string of the molecule is CC[C@H](C)[C@H](NC(=O)[C@H](CCC(=O)O)NC(=O)[C@H](CCC(=O)O)NC(=O)[C@H](Cc1ccccc1)NC(=O)[C@@H](N)CC(=O)O)C(=O)N1CCC[C@H]1C(=O)N[C@@H](CCC(=O)O)C(=O)N[C@@H](CCC(=O)O)C(=O)N[C@@H](Cc1ccc(OS(=O)O)cc1)C(=O)N[C@@H](CC(C)C)C(=O)O. The summed E-state index contributed by atoms with van der Waals surface area (Å²) >= 11 is -2.71. The van der Waals surface area contributed by atoms with Gasteiger partial charge in [-0.25, -0.2) is 4.79 Å². The van der Waals surface area contributed by atoms with Crippen LogP contribution in [0.25, 0.3) is 0 Å². The fraction of sp³-hybridized carbons (Fsp3) is 0.542. The van der Waals surface area contributed by atoms with E-state index in [9.17, 15) is 107 Å². The Labute approximate surface area is 541 Å². The third-order valence-electron chi connectivity index (χ3n) is 14.9. The van der Waals surface area contributed by atoms with E-state index in [0.29, 0.717) is 5.56 Å². The van der Waals surface area contributed by atoms with Crippen LogP contribution in [0.2, 0.25) is 0 Å². The smallest absolute Gasteiger partial charge is 0.357 e. The van der Waals surface area contributed by atoms with Crippen molar-refractivity contribution in [2.75, 3.05) is 6.54 Å². The summed E-state index contributed by atoms with van der Waals surface area (Å²) in [5.41, 5.74) is 6.49. The summed E-state index contributed by atoms with van der Waals surface area (Å²) < 4.78 is 25.1. The third-order valence-corrected chi connectivity index (χ3v) is 15.2. The van der Waals surface area contributed by atoms with Crippen LogP contribution in [0.15, 0.2) is 54.6 Å². The van der Waals surface area contributed by atoms with Crippen molar-refractivity contribution in [3.63, 3.8) is 0 Å². The number of nitrogens with two attached hydrogens (primary N) is 1. The molecule has 1 heterocycles. The van der Waals surface area contributed by atoms with Crippen molar-refractivity contribution in [1.82, 2.24) is 47.4 Å². The van der Waals surface area contributed by atoms with Crippen LogP contribution in [0.3, 0.4) is 0 Å². The second-order valence-corrected chi connectivity index (χ2v) is 23.3. The number of nitrogens with zero attached hydrogens (tertiary/aromatic N) is 1. The molecule has 1 fully saturated rings. The Hall–Kier alpha value is -9.64. The number of amides is 9. The topological polar surface area (TPSA) is 549 Å². The first-order valence-electron chi connectivity index (χ1n) is 29.9. The van der Waals surface area contributed by atoms with Gasteiger partial charge in [0.15, 0.2) is 0 Å². The molecule has 0 aliphatic carbocycles. The summed E-state index contributed by atoms with van der Waals surface area (Å²) in [6.45, 7) is 6.39. The second kappa shape index (κ2) is 39.0. The average Bonchev–Trinajstić information content (AvgIpc) is 1.65. The fourth-order valence-corrected chi connectivity index (χ4v) is 9.99. The average molecular weight is 1350 g/mol. The van der Waals surface area contributed by atoms with Crippen LogP contribution in [0.1, 0.15) is 122 Å². The summed E-state index contributed by atoms with van der Waals surface area (Å²) in [4.78, 5) is 199. The van der Waals surface area contributed by atoms with E-state index in [1.54, 1.807) is 51.1 Å². The molecule has 0 radical (unpaired) electrons. The summed E-state index contributed by atoms with van der Waals surface area (Å²) in [5.74, 6) is -19.7. The Kier molecular flexibility index (Phi) is 32.6. The van der Waals surface area contributed by atoms with Gasteiger partial charge in [-0.3, -0.25) is 71.7 Å². The van der Waals surface area contributed by atoms with Gasteiger partial charge in [-0.1, -0.05) is 76.6 Å². The van der Waals surface area contributed by atoms with Crippen molar-refractivity contribution in [2.24, 2.45) is 17.6 Å². The zero-order chi connectivity index (χ0) is 70.5. The zero-order valence-corrected chi connectivity index (χ0v) is 52.8. The molecule has 1 saturated heterocycles. The summed E-state index contributed by atoms with van der Waals surface area (Å²) in [6.07, 6.45) is -7.03. The van der Waals surface area contributed by atoms with E-state index in [4.69, 9.17) is 14.5 Å². The highest BCUT2D eigenvalue weighted by Gasteiger charge is 2.42. The highest BCUT2D eigenvalue weighted by molar-refractivity contribution is 7.74. The monoisotopic (exact) mass is 1350 g/mol. The van der Waals surface area contributed by atoms with Gasteiger partial charge >= 0.3 is 47.2 Å². The number of carboxylic acid groups (broad SMARTS) is 6. The molecule has 1 unspecified atom stereocenters. The van der Waals surface area contributed by atoms with Crippen molar-refractivity contribution in [1.29, 1.82) is 0 Å². The number of carbonyl (C=O) groups is 15. The van der Waals surface area contributed by atoms with Crippen LogP contribution in [-0.4, -0.2) is 200 Å². The molecule has 0 saturated carbocycles. The molecule has 2 aromatic rings. The van der Waals surface area contributed by atoms with E-state index < -0.39 is 224 Å². The molecule has 12 atom stereocenters. The maximum Gasteiger partial charge on any atom is 0.357 e. The molecule has 0 aromatic heterocycles. The minimum atomic E-state index is -2.71. The lowest BCUT2D eigenvalue weighted by molar-refractivity contribution is -0.144. The highest BCUT2D eigenvalue weighted by atomic mass is 32.2. The number of aliphatic carboxylic acids is 6. The molecule has 35 heteroatoms. The molecule has 1 aliphatic rings. The first-order valence-corrected chi connectivity index (χ1v) is 31.0. The van der Waals surface area contributed by atoms with E-state index >= 15 is 0 Å². The van der Waals surface area contributed by atoms with Crippen molar-refractivity contribution in [2.45, 2.75) is 184 Å². The number of likely N-dealkylation sites (tertiary alicyclic amines) is 1. The minimum absolute atomic E-state index is 0.0551. The largest absolute Gasteiger partial charge is 0.481 e. The standard InChI is InChI=1S/C59H82N10O24S/c1-5-31(4)49(68-54(84)39(20-24-47(76)77)62-51(81)36(17-21-44(70)71)63-55(85)40(27-32-10-7-6-8-11-32)65-50(80)35(60)29-48(78)79)58(88)69-25-9-12-43(69)57(87)64-38(19-23-46(74)75)52(82)61-37(18-22-45(72)73)53(83)66-41(56(86)67-42(59(89)90)26-30(2)3)28-33-13-15-34(16-14-33)93-94(91)92/h6-8,10-11,13-16,30-31,35-43,49H,5,9,12,17-29,60H2,1-4H3,(H,61,82)(H,62,81)(H,63,85)(H,64,87)(H,65,80)(H,66,83)(H,67,86)(H,68,84)(H,70,71)(H,72,73)(H,74,75)(H,76,77)(H,78,79)(H,89,90)(H,91,92)/t31-,35-,36-,37-,38-,39-,40-,41-,42-,43-,49-/m0/s1. The zero-order valence-electron chi connectivity index (χ0n) is 51.9. The quantitative estimate of drug-likeness (QED) is 0.0329. The lowest BCUT2D eigenvalue weighted by atomic mass is 9.96. The molecule has 34 nitrogen and oxygen atoms in total. The molecule has 0 bridgehead atoms. The number of rotatable bonds is 42. The van der Waals surface area contributed by atoms with E-state index in [1.807, 2.05) is 0 Å². The van der Waals surface area contributed by atoms with Gasteiger partial charge in [-0.2, -0.15) is 4.21 Å². The van der Waals surface area contributed by atoms with E-state index in [0.717, 1.165) is 4.90 Å². The predicted octanol–water partition coefficient (Wildman–Crippen LogP) is -1.71. The van der Waals surface area contributed by atoms with Gasteiger partial charge in [0.05, 0.1) is 12.5 Å². The lowest BCUT2D eigenvalue weighted by Gasteiger charge is -2.33. The Bertz CT molecular complexity index is 3060. The first-order chi connectivity index (χ1) is 44.2. The molecule has 2 aromatic carbocycles. The Morgan fingerprint density at radius 3 is 1.33 bits per heavy atom. The Morgan fingerprint density at radius 1 is 0.532 bits per heavy atom. The molecule has 1 aliphatic heterocycles. The van der Waals surface area contributed by atoms with E-state index in [2.05, 4.69) is 42.5 Å². The lowest BCUT2D eigenvalue weighted by Crippen LogP contribution is -2.61. The molecule has 9 amide bonds. The van der Waals surface area contributed by atoms with Gasteiger partial charge < -0.3 is 88.0 Å². The third kappa shape index (κ3) is 27.7. The number of benzene rings is 2. The maximum atomic E-state index is 14.7. The van der Waals surface area contributed by atoms with Crippen molar-refractivity contribution in [3.05, 3.63) is 65.7 Å². The van der Waals surface area contributed by atoms with Crippen molar-refractivity contribution >= 4 is 100 Å². The van der Waals surface area contributed by atoms with Crippen molar-refractivity contribution < 1.29 is 116 Å². The fourth-order valence-electron chi connectivity index (χ4n) is 9.71. The number of carboxylic acids is 6. The van der Waals surface area contributed by atoms with Crippen LogP contribution < -0.4 is 52.5 Å². The van der Waals surface area contributed by atoms with Crippen LogP contribution >= 0.6 is 0 Å². The van der Waals surface area contributed by atoms with Gasteiger partial charge in [-0.15, -0.1) is 0 Å². The molecule has 17 N–H and O–H groups in total. The molecular formula is C59H82N10O24S. The van der Waals surface area contributed by atoms with Gasteiger partial charge in [0.2, 0.25) is 53.2 Å². The molecule has 94 heavy (non-hydrogen) atoms. The van der Waals surface area contributed by atoms with E-state index in [-0.39, 0.29) is 62.3 Å². The van der Waals surface area contributed by atoms with Crippen molar-refractivity contribution in [3.8, 4) is 5.75 Å². The summed E-state index contributed by atoms with van der Waals surface area (Å²) in [7, 11) is 0. The number of hydrogen-bond acceptors (Lipinski definition) is 18. The van der Waals surface area contributed by atoms with Crippen LogP contribution in [-0.2, 0) is 96.1 Å². The highest BCUT2D eigenvalue weighted by Crippen LogP contribution is 2.23. The minimum Gasteiger partial charge on any atom is -0.481 e. The molecule has 3 rings (SSSR count). The normalized spacial score (nSPS) is 16.2. The second-order valence-electron chi connectivity index (χ2n) is 22.7. The molecule has 0 spiro atoms. The number of carbonyl (C=O) groups excluding carboxylic acids is 9. The Balaban J connectivity index is 1.95. The first kappa shape index (κ1) is 78.6. The van der Waals surface area contributed by atoms with Gasteiger partial charge in [0.25, 0.3) is 0 Å². The maximum absolute atomic E-state index is 14.7. The number of hydrogen-bond donors (Lipinski definition) is 16. The Morgan fingerprint density at radius 2 is 0.926 bits per heavy atom. The van der Waals surface area contributed by atoms with Crippen LogP contribution in [0.5, 0.6) is 5.75 Å². The van der Waals surface area contributed by atoms with Gasteiger partial charge in [0, 0.05) is 45.1 Å². The predicted molar refractivity (Wildman–Crippen MR) is 326 cm³/mol. The van der Waals surface area contributed by atoms with E-state index in [1.165, 1.54) is 31.2 Å². The van der Waals surface area contributed by atoms with Crippen LogP contribution in [0.4, 0.5) is 0 Å². The number of nitrogens with one attached hydrogen (secondary N) is 8. The molecular weight excluding hydrogens is 1260 g/mol. The molecule has 518 valence electrons. The summed E-state index contributed by atoms with van der Waals surface area (Å²) in [6, 6.07) is -3.36. The van der Waals surface area contributed by atoms with Crippen LogP contribution in [0, 0.1) is 11.8 Å². The van der Waals surface area contributed by atoms with Gasteiger partial charge in [-0.05, 0) is 80.0 Å². The summed E-state index contributed by atoms with van der Waals surface area (Å²) in [5, 5.41) is 76.7.